The zero-order chi connectivity index (χ0) is 15.7. The van der Waals surface area contributed by atoms with Crippen LogP contribution in [-0.4, -0.2) is 44.6 Å². The molecule has 0 amide bonds. The first-order valence-electron chi connectivity index (χ1n) is 7.86. The summed E-state index contributed by atoms with van der Waals surface area (Å²) in [6.45, 7) is 8.88. The zero-order valence-corrected chi connectivity index (χ0v) is 13.4. The van der Waals surface area contributed by atoms with Crippen molar-refractivity contribution in [3.8, 4) is 0 Å². The molecule has 120 valence electrons. The minimum Gasteiger partial charge on any atom is -0.396 e. The fourth-order valence-corrected chi connectivity index (χ4v) is 3.19. The van der Waals surface area contributed by atoms with E-state index in [1.807, 2.05) is 23.9 Å². The van der Waals surface area contributed by atoms with Crippen LogP contribution in [0.3, 0.4) is 0 Å². The maximum atomic E-state index is 9.71. The number of likely N-dealkylation sites (tertiary alicyclic amines) is 1. The van der Waals surface area contributed by atoms with Crippen molar-refractivity contribution < 1.29 is 9.63 Å². The normalized spacial score (nSPS) is 22.8. The van der Waals surface area contributed by atoms with Crippen LogP contribution in [0.25, 0.3) is 0 Å². The Kier molecular flexibility index (Phi) is 4.31. The van der Waals surface area contributed by atoms with Crippen molar-refractivity contribution in [1.29, 1.82) is 0 Å². The number of hydrogen-bond donors (Lipinski definition) is 1. The SMILES string of the molecule is Cc1cc(CN2C[C@@H](CO)[C@H](c3cnn(C(C)C)c3)C2)on1. The van der Waals surface area contributed by atoms with E-state index in [9.17, 15) is 5.11 Å². The number of aryl methyl sites for hydroxylation is 1. The maximum Gasteiger partial charge on any atom is 0.150 e. The first-order chi connectivity index (χ1) is 10.6. The summed E-state index contributed by atoms with van der Waals surface area (Å²) < 4.78 is 7.28. The van der Waals surface area contributed by atoms with Crippen LogP contribution in [0.5, 0.6) is 0 Å². The smallest absolute Gasteiger partial charge is 0.150 e. The third kappa shape index (κ3) is 3.08. The molecule has 1 saturated heterocycles. The molecule has 1 aliphatic rings. The first-order valence-corrected chi connectivity index (χ1v) is 7.86. The van der Waals surface area contributed by atoms with Gasteiger partial charge < -0.3 is 9.63 Å². The van der Waals surface area contributed by atoms with Gasteiger partial charge in [0.15, 0.2) is 5.76 Å². The number of hydrogen-bond acceptors (Lipinski definition) is 5. The van der Waals surface area contributed by atoms with E-state index in [0.29, 0.717) is 12.0 Å². The second-order valence-electron chi connectivity index (χ2n) is 6.53. The molecule has 0 unspecified atom stereocenters. The summed E-state index contributed by atoms with van der Waals surface area (Å²) in [5.74, 6) is 1.45. The Bertz CT molecular complexity index is 619. The molecule has 0 saturated carbocycles. The Hall–Kier alpha value is -1.66. The van der Waals surface area contributed by atoms with Crippen molar-refractivity contribution in [3.63, 3.8) is 0 Å². The van der Waals surface area contributed by atoms with Gasteiger partial charge in [-0.15, -0.1) is 0 Å². The molecule has 1 fully saturated rings. The summed E-state index contributed by atoms with van der Waals surface area (Å²) in [6, 6.07) is 2.33. The van der Waals surface area contributed by atoms with Crippen molar-refractivity contribution in [2.24, 2.45) is 5.92 Å². The summed E-state index contributed by atoms with van der Waals surface area (Å²) >= 11 is 0. The lowest BCUT2D eigenvalue weighted by atomic mass is 9.92. The number of aliphatic hydroxyl groups is 1. The molecule has 1 N–H and O–H groups in total. The van der Waals surface area contributed by atoms with Gasteiger partial charge in [0.2, 0.25) is 0 Å². The average molecular weight is 304 g/mol. The molecule has 22 heavy (non-hydrogen) atoms. The second-order valence-corrected chi connectivity index (χ2v) is 6.53. The Morgan fingerprint density at radius 3 is 2.82 bits per heavy atom. The standard InChI is InChI=1S/C16H24N4O2/c1-11(2)20-7-13(5-17-20)16-9-19(6-14(16)10-21)8-15-4-12(3)18-22-15/h4-5,7,11,14,16,21H,6,8-10H2,1-3H3/t14-,16-/m0/s1. The van der Waals surface area contributed by atoms with E-state index in [0.717, 1.165) is 31.1 Å². The lowest BCUT2D eigenvalue weighted by Gasteiger charge is -2.14. The molecule has 0 spiro atoms. The zero-order valence-electron chi connectivity index (χ0n) is 13.4. The predicted octanol–water partition coefficient (Wildman–Crippen LogP) is 1.97. The van der Waals surface area contributed by atoms with E-state index in [4.69, 9.17) is 4.52 Å². The van der Waals surface area contributed by atoms with Crippen LogP contribution in [0, 0.1) is 12.8 Å². The average Bonchev–Trinajstić information content (AvgIpc) is 3.18. The van der Waals surface area contributed by atoms with Gasteiger partial charge in [0.25, 0.3) is 0 Å². The largest absolute Gasteiger partial charge is 0.396 e. The summed E-state index contributed by atoms with van der Waals surface area (Å²) in [5, 5.41) is 18.1. The lowest BCUT2D eigenvalue weighted by molar-refractivity contribution is 0.208. The molecular formula is C16H24N4O2. The maximum absolute atomic E-state index is 9.71. The van der Waals surface area contributed by atoms with Crippen LogP contribution >= 0.6 is 0 Å². The van der Waals surface area contributed by atoms with E-state index in [-0.39, 0.29) is 12.5 Å². The molecule has 0 aliphatic carbocycles. The molecule has 1 aliphatic heterocycles. The first kappa shape index (κ1) is 15.2. The quantitative estimate of drug-likeness (QED) is 0.914. The van der Waals surface area contributed by atoms with E-state index in [1.54, 1.807) is 0 Å². The highest BCUT2D eigenvalue weighted by molar-refractivity contribution is 5.17. The van der Waals surface area contributed by atoms with Crippen molar-refractivity contribution in [3.05, 3.63) is 35.5 Å². The second kappa shape index (κ2) is 6.22. The molecule has 0 aromatic carbocycles. The number of aliphatic hydroxyl groups excluding tert-OH is 1. The molecule has 3 rings (SSSR count). The lowest BCUT2D eigenvalue weighted by Crippen LogP contribution is -2.20. The highest BCUT2D eigenvalue weighted by atomic mass is 16.5. The molecule has 0 radical (unpaired) electrons. The van der Waals surface area contributed by atoms with Crippen LogP contribution in [0.1, 0.15) is 42.8 Å². The van der Waals surface area contributed by atoms with Crippen LogP contribution < -0.4 is 0 Å². The van der Waals surface area contributed by atoms with Crippen molar-refractivity contribution in [2.45, 2.75) is 39.3 Å². The van der Waals surface area contributed by atoms with Crippen LogP contribution in [0.4, 0.5) is 0 Å². The van der Waals surface area contributed by atoms with Gasteiger partial charge in [0.1, 0.15) is 0 Å². The van der Waals surface area contributed by atoms with Crippen molar-refractivity contribution in [1.82, 2.24) is 19.8 Å². The van der Waals surface area contributed by atoms with Crippen LogP contribution in [0.15, 0.2) is 23.0 Å². The molecule has 6 nitrogen and oxygen atoms in total. The third-order valence-electron chi connectivity index (χ3n) is 4.39. The third-order valence-corrected chi connectivity index (χ3v) is 4.39. The minimum atomic E-state index is 0.198. The van der Waals surface area contributed by atoms with Gasteiger partial charge in [-0.2, -0.15) is 5.10 Å². The topological polar surface area (TPSA) is 67.3 Å². The molecule has 2 atom stereocenters. The van der Waals surface area contributed by atoms with Gasteiger partial charge in [0.05, 0.1) is 18.4 Å². The number of aromatic nitrogens is 3. The Morgan fingerprint density at radius 1 is 1.41 bits per heavy atom. The highest BCUT2D eigenvalue weighted by Gasteiger charge is 2.34. The predicted molar refractivity (Wildman–Crippen MR) is 82.4 cm³/mol. The minimum absolute atomic E-state index is 0.198. The van der Waals surface area contributed by atoms with Crippen LogP contribution in [-0.2, 0) is 6.54 Å². The van der Waals surface area contributed by atoms with Gasteiger partial charge in [-0.05, 0) is 26.3 Å². The Labute approximate surface area is 130 Å². The molecular weight excluding hydrogens is 280 g/mol. The summed E-state index contributed by atoms with van der Waals surface area (Å²) in [4.78, 5) is 2.32. The summed E-state index contributed by atoms with van der Waals surface area (Å²) in [7, 11) is 0. The Balaban J connectivity index is 1.71. The summed E-state index contributed by atoms with van der Waals surface area (Å²) in [6.07, 6.45) is 4.05. The monoisotopic (exact) mass is 304 g/mol. The van der Waals surface area contributed by atoms with Gasteiger partial charge in [0, 0.05) is 49.8 Å². The summed E-state index contributed by atoms with van der Waals surface area (Å²) in [5.41, 5.74) is 2.12. The molecule has 3 heterocycles. The van der Waals surface area contributed by atoms with Crippen molar-refractivity contribution in [2.75, 3.05) is 19.7 Å². The van der Waals surface area contributed by atoms with E-state index >= 15 is 0 Å². The van der Waals surface area contributed by atoms with Gasteiger partial charge in [-0.1, -0.05) is 5.16 Å². The van der Waals surface area contributed by atoms with E-state index in [2.05, 4.69) is 35.2 Å². The molecule has 2 aromatic heterocycles. The fourth-order valence-electron chi connectivity index (χ4n) is 3.19. The van der Waals surface area contributed by atoms with Gasteiger partial charge >= 0.3 is 0 Å². The highest BCUT2D eigenvalue weighted by Crippen LogP contribution is 2.33. The van der Waals surface area contributed by atoms with Gasteiger partial charge in [-0.3, -0.25) is 9.58 Å². The van der Waals surface area contributed by atoms with Crippen molar-refractivity contribution >= 4 is 0 Å². The van der Waals surface area contributed by atoms with Gasteiger partial charge in [-0.25, -0.2) is 0 Å². The van der Waals surface area contributed by atoms with E-state index < -0.39 is 0 Å². The van der Waals surface area contributed by atoms with E-state index in [1.165, 1.54) is 5.56 Å². The number of rotatable bonds is 5. The van der Waals surface area contributed by atoms with Crippen LogP contribution in [0.2, 0.25) is 0 Å². The fraction of sp³-hybridized carbons (Fsp3) is 0.625. The molecule has 2 aromatic rings. The molecule has 0 bridgehead atoms. The molecule has 6 heteroatoms. The Morgan fingerprint density at radius 2 is 2.23 bits per heavy atom. The number of nitrogens with zero attached hydrogens (tertiary/aromatic N) is 4.